The molecule has 30 heavy (non-hydrogen) atoms. The maximum Gasteiger partial charge on any atom is 0.314 e. The lowest BCUT2D eigenvalue weighted by atomic mass is 10.1. The lowest BCUT2D eigenvalue weighted by Gasteiger charge is -2.11. The molecule has 158 valence electrons. The zero-order chi connectivity index (χ0) is 21.3. The predicted octanol–water partition coefficient (Wildman–Crippen LogP) is 2.92. The minimum absolute atomic E-state index is 0.0650. The van der Waals surface area contributed by atoms with Crippen LogP contribution in [0.25, 0.3) is 11.3 Å². The largest absolute Gasteiger partial charge is 0.395 e. The number of aliphatic hydroxyl groups excluding tert-OH is 1. The second-order valence-electron chi connectivity index (χ2n) is 6.38. The van der Waals surface area contributed by atoms with E-state index in [0.29, 0.717) is 30.1 Å². The number of hydrogen-bond acceptors (Lipinski definition) is 5. The number of nitrogens with zero attached hydrogens (tertiary/aromatic N) is 2. The summed E-state index contributed by atoms with van der Waals surface area (Å²) in [6, 6.07) is 13.7. The predicted molar refractivity (Wildman–Crippen MR) is 117 cm³/mol. The first-order valence-electron chi connectivity index (χ1n) is 9.50. The smallest absolute Gasteiger partial charge is 0.314 e. The van der Waals surface area contributed by atoms with E-state index in [0.717, 1.165) is 16.9 Å². The van der Waals surface area contributed by atoms with Crippen LogP contribution in [-0.2, 0) is 6.54 Å². The van der Waals surface area contributed by atoms with Crippen LogP contribution < -0.4 is 20.8 Å². The maximum atomic E-state index is 13.6. The highest BCUT2D eigenvalue weighted by Gasteiger charge is 2.09. The van der Waals surface area contributed by atoms with E-state index in [1.807, 2.05) is 34.2 Å². The third kappa shape index (κ3) is 5.68. The molecule has 1 aromatic heterocycles. The number of anilines is 1. The van der Waals surface area contributed by atoms with E-state index < -0.39 is 0 Å². The summed E-state index contributed by atoms with van der Waals surface area (Å²) in [5.41, 5.74) is 3.38. The summed E-state index contributed by atoms with van der Waals surface area (Å²) in [4.78, 5) is 16.8. The molecule has 1 heterocycles. The van der Waals surface area contributed by atoms with Crippen LogP contribution >= 0.6 is 11.3 Å². The van der Waals surface area contributed by atoms with Crippen molar-refractivity contribution >= 4 is 28.7 Å². The van der Waals surface area contributed by atoms with Crippen LogP contribution in [-0.4, -0.2) is 42.4 Å². The number of carbonyl (C=O) groups is 1. The van der Waals surface area contributed by atoms with E-state index in [1.165, 1.54) is 23.5 Å². The van der Waals surface area contributed by atoms with Gasteiger partial charge in [0.05, 0.1) is 18.0 Å². The average Bonchev–Trinajstić information content (AvgIpc) is 3.14. The highest BCUT2D eigenvalue weighted by molar-refractivity contribution is 7.07. The van der Waals surface area contributed by atoms with Gasteiger partial charge in [-0.2, -0.15) is 0 Å². The molecule has 0 aliphatic rings. The minimum Gasteiger partial charge on any atom is -0.395 e. The zero-order valence-electron chi connectivity index (χ0n) is 16.6. The van der Waals surface area contributed by atoms with Crippen molar-refractivity contribution in [1.29, 1.82) is 0 Å². The zero-order valence-corrected chi connectivity index (χ0v) is 17.4. The fourth-order valence-electron chi connectivity index (χ4n) is 2.85. The second-order valence-corrected chi connectivity index (χ2v) is 7.22. The van der Waals surface area contributed by atoms with Crippen molar-refractivity contribution in [3.63, 3.8) is 0 Å². The van der Waals surface area contributed by atoms with Gasteiger partial charge in [-0.15, -0.1) is 11.3 Å². The van der Waals surface area contributed by atoms with Gasteiger partial charge in [0.2, 0.25) is 0 Å². The Morgan fingerprint density at radius 1 is 1.20 bits per heavy atom. The first-order valence-corrected chi connectivity index (χ1v) is 10.4. The molecule has 0 fully saturated rings. The molecule has 0 aliphatic carbocycles. The van der Waals surface area contributed by atoms with Crippen LogP contribution in [0.5, 0.6) is 0 Å². The van der Waals surface area contributed by atoms with Crippen molar-refractivity contribution in [1.82, 2.24) is 15.2 Å². The van der Waals surface area contributed by atoms with Gasteiger partial charge < -0.3 is 25.6 Å². The second kappa shape index (κ2) is 10.6. The first kappa shape index (κ1) is 21.5. The molecule has 7 nitrogen and oxygen atoms in total. The highest BCUT2D eigenvalue weighted by Crippen LogP contribution is 2.23. The Bertz CT molecular complexity index is 1050. The van der Waals surface area contributed by atoms with Crippen molar-refractivity contribution in [3.8, 4) is 11.3 Å². The van der Waals surface area contributed by atoms with Gasteiger partial charge in [0.15, 0.2) is 4.80 Å². The normalized spacial score (nSPS) is 11.4. The lowest BCUT2D eigenvalue weighted by Crippen LogP contribution is -2.36. The van der Waals surface area contributed by atoms with Crippen molar-refractivity contribution in [2.75, 3.05) is 32.1 Å². The maximum absolute atomic E-state index is 13.6. The molecule has 0 bridgehead atoms. The molecule has 9 heteroatoms. The molecular formula is C21H24FN5O2S. The topological polar surface area (TPSA) is 90.7 Å². The molecule has 2 aromatic carbocycles. The van der Waals surface area contributed by atoms with Gasteiger partial charge in [0.25, 0.3) is 0 Å². The third-order valence-corrected chi connectivity index (χ3v) is 5.16. The summed E-state index contributed by atoms with van der Waals surface area (Å²) in [6.07, 6.45) is 0. The molecule has 2 amide bonds. The number of rotatable bonds is 8. The molecule has 3 aromatic rings. The molecule has 0 atom stereocenters. The van der Waals surface area contributed by atoms with Crippen LogP contribution in [0.15, 0.2) is 58.9 Å². The number of carbonyl (C=O) groups excluding carboxylic acids is 1. The summed E-state index contributed by atoms with van der Waals surface area (Å²) >= 11 is 1.45. The van der Waals surface area contributed by atoms with Crippen LogP contribution in [0.4, 0.5) is 20.6 Å². The lowest BCUT2D eigenvalue weighted by molar-refractivity contribution is 0.242. The minimum atomic E-state index is -0.341. The Labute approximate surface area is 177 Å². The van der Waals surface area contributed by atoms with Gasteiger partial charge in [0, 0.05) is 37.7 Å². The number of halogens is 1. The molecule has 0 saturated carbocycles. The van der Waals surface area contributed by atoms with E-state index in [1.54, 1.807) is 19.2 Å². The summed E-state index contributed by atoms with van der Waals surface area (Å²) in [5, 5.41) is 19.4. The monoisotopic (exact) mass is 429 g/mol. The number of aliphatic hydroxyl groups is 1. The van der Waals surface area contributed by atoms with Crippen LogP contribution in [0.3, 0.4) is 0 Å². The molecule has 0 radical (unpaired) electrons. The molecule has 0 saturated heterocycles. The highest BCUT2D eigenvalue weighted by atomic mass is 32.1. The number of hydrogen-bond donors (Lipinski definition) is 4. The number of nitrogens with one attached hydrogen (secondary N) is 3. The van der Waals surface area contributed by atoms with Crippen molar-refractivity contribution in [3.05, 3.63) is 64.5 Å². The fourth-order valence-corrected chi connectivity index (χ4v) is 3.81. The van der Waals surface area contributed by atoms with E-state index in [9.17, 15) is 9.18 Å². The number of benzene rings is 2. The van der Waals surface area contributed by atoms with Crippen molar-refractivity contribution < 1.29 is 14.3 Å². The Hall–Kier alpha value is -3.17. The van der Waals surface area contributed by atoms with Gasteiger partial charge in [-0.05, 0) is 35.9 Å². The fraction of sp³-hybridized carbons (Fsp3) is 0.238. The molecule has 3 rings (SSSR count). The summed E-state index contributed by atoms with van der Waals surface area (Å²) in [7, 11) is 1.57. The van der Waals surface area contributed by atoms with Crippen LogP contribution in [0.2, 0.25) is 0 Å². The van der Waals surface area contributed by atoms with Crippen molar-refractivity contribution in [2.24, 2.45) is 4.99 Å². The SMILES string of the molecule is CNC(=O)NCCn1c(-c2ccc(NCCO)cc2)csc1=Nc1cccc(F)c1. The molecule has 0 aliphatic heterocycles. The van der Waals surface area contributed by atoms with E-state index in [-0.39, 0.29) is 18.5 Å². The van der Waals surface area contributed by atoms with Crippen molar-refractivity contribution in [2.45, 2.75) is 6.54 Å². The summed E-state index contributed by atoms with van der Waals surface area (Å²) in [5.74, 6) is -0.341. The Morgan fingerprint density at radius 2 is 2.00 bits per heavy atom. The number of aromatic nitrogens is 1. The van der Waals surface area contributed by atoms with Gasteiger partial charge in [-0.25, -0.2) is 14.2 Å². The quantitative estimate of drug-likeness (QED) is 0.444. The van der Waals surface area contributed by atoms with E-state index in [2.05, 4.69) is 20.9 Å². The molecule has 4 N–H and O–H groups in total. The average molecular weight is 430 g/mol. The Morgan fingerprint density at radius 3 is 2.70 bits per heavy atom. The standard InChI is InChI=1S/C21H24FN5O2S/c1-23-20(29)25-9-11-27-19(15-5-7-17(8-6-15)24-10-12-28)14-30-21(27)26-18-4-2-3-16(22)13-18/h2-8,13-14,24,28H,9-12H2,1H3,(H2,23,25,29). The summed E-state index contributed by atoms with van der Waals surface area (Å²) in [6.45, 7) is 1.47. The van der Waals surface area contributed by atoms with Crippen LogP contribution in [0.1, 0.15) is 0 Å². The first-order chi connectivity index (χ1) is 14.6. The van der Waals surface area contributed by atoms with Crippen LogP contribution in [0, 0.1) is 5.82 Å². The Kier molecular flexibility index (Phi) is 7.58. The van der Waals surface area contributed by atoms with Gasteiger partial charge in [0.1, 0.15) is 5.82 Å². The summed E-state index contributed by atoms with van der Waals surface area (Å²) < 4.78 is 15.6. The molecule has 0 unspecified atom stereocenters. The van der Waals surface area contributed by atoms with E-state index in [4.69, 9.17) is 5.11 Å². The van der Waals surface area contributed by atoms with Gasteiger partial charge in [-0.3, -0.25) is 0 Å². The van der Waals surface area contributed by atoms with Gasteiger partial charge in [-0.1, -0.05) is 18.2 Å². The Balaban J connectivity index is 1.94. The molecule has 0 spiro atoms. The number of amides is 2. The van der Waals surface area contributed by atoms with E-state index >= 15 is 0 Å². The molecular weight excluding hydrogens is 405 g/mol. The van der Waals surface area contributed by atoms with Gasteiger partial charge >= 0.3 is 6.03 Å². The number of thiazole rings is 1. The number of urea groups is 1. The third-order valence-electron chi connectivity index (χ3n) is 4.30.